The Hall–Kier alpha value is -2.27. The summed E-state index contributed by atoms with van der Waals surface area (Å²) < 4.78 is 0. The minimum absolute atomic E-state index is 0.121. The van der Waals surface area contributed by atoms with E-state index in [0.717, 1.165) is 22.5 Å². The first kappa shape index (κ1) is 12.7. The van der Waals surface area contributed by atoms with Gasteiger partial charge in [0.15, 0.2) is 0 Å². The Morgan fingerprint density at radius 2 is 2.15 bits per heavy atom. The second-order valence-corrected chi connectivity index (χ2v) is 5.06. The first-order valence-electron chi connectivity index (χ1n) is 6.54. The van der Waals surface area contributed by atoms with Gasteiger partial charge in [-0.3, -0.25) is 4.79 Å². The summed E-state index contributed by atoms with van der Waals surface area (Å²) in [6, 6.07) is 7.61. The van der Waals surface area contributed by atoms with Gasteiger partial charge in [-0.25, -0.2) is 9.97 Å². The molecule has 0 saturated heterocycles. The molecular formula is C15H16N4O. The predicted octanol–water partition coefficient (Wildman–Crippen LogP) is 1.68. The van der Waals surface area contributed by atoms with Gasteiger partial charge in [-0.1, -0.05) is 6.07 Å². The molecule has 1 aliphatic heterocycles. The summed E-state index contributed by atoms with van der Waals surface area (Å²) in [5.74, 6) is 0.743. The van der Waals surface area contributed by atoms with Crippen LogP contribution in [0.5, 0.6) is 0 Å². The van der Waals surface area contributed by atoms with Gasteiger partial charge in [-0.2, -0.15) is 0 Å². The van der Waals surface area contributed by atoms with Crippen molar-refractivity contribution in [1.82, 2.24) is 9.97 Å². The van der Waals surface area contributed by atoms with E-state index in [4.69, 9.17) is 5.73 Å². The summed E-state index contributed by atoms with van der Waals surface area (Å²) in [7, 11) is 1.80. The maximum atomic E-state index is 11.7. The van der Waals surface area contributed by atoms with E-state index < -0.39 is 0 Å². The van der Waals surface area contributed by atoms with Crippen LogP contribution in [0.2, 0.25) is 0 Å². The van der Waals surface area contributed by atoms with E-state index in [-0.39, 0.29) is 11.9 Å². The Bertz CT molecular complexity index is 681. The summed E-state index contributed by atoms with van der Waals surface area (Å²) in [5.41, 5.74) is 9.63. The lowest BCUT2D eigenvalue weighted by atomic mass is 10.1. The molecule has 0 aliphatic carbocycles. The molecule has 0 saturated carbocycles. The van der Waals surface area contributed by atoms with Gasteiger partial charge in [0.05, 0.1) is 18.2 Å². The van der Waals surface area contributed by atoms with Crippen molar-refractivity contribution in [2.45, 2.75) is 19.4 Å². The molecule has 0 radical (unpaired) electrons. The molecule has 1 aliphatic rings. The predicted molar refractivity (Wildman–Crippen MR) is 77.2 cm³/mol. The van der Waals surface area contributed by atoms with E-state index in [0.29, 0.717) is 12.2 Å². The number of hydrogen-bond donors (Lipinski definition) is 1. The van der Waals surface area contributed by atoms with Crippen LogP contribution in [0.25, 0.3) is 11.3 Å². The summed E-state index contributed by atoms with van der Waals surface area (Å²) in [5, 5.41) is 0. The molecule has 2 N–H and O–H groups in total. The number of aromatic nitrogens is 2. The highest BCUT2D eigenvalue weighted by molar-refractivity contribution is 6.01. The standard InChI is InChI=1S/C15H16N4O/c1-9(16)15-17-6-5-12(18-15)10-3-4-13-11(7-10)8-14(20)19(13)2/h3-7,9H,8,16H2,1-2H3. The third-order valence-electron chi connectivity index (χ3n) is 3.53. The summed E-state index contributed by atoms with van der Waals surface area (Å²) in [6.07, 6.45) is 2.16. The van der Waals surface area contributed by atoms with Gasteiger partial charge in [-0.15, -0.1) is 0 Å². The zero-order valence-corrected chi connectivity index (χ0v) is 11.5. The second-order valence-electron chi connectivity index (χ2n) is 5.06. The number of rotatable bonds is 2. The summed E-state index contributed by atoms with van der Waals surface area (Å²) in [6.45, 7) is 1.86. The van der Waals surface area contributed by atoms with Crippen molar-refractivity contribution >= 4 is 11.6 Å². The molecule has 5 heteroatoms. The van der Waals surface area contributed by atoms with E-state index in [9.17, 15) is 4.79 Å². The number of hydrogen-bond acceptors (Lipinski definition) is 4. The first-order valence-corrected chi connectivity index (χ1v) is 6.54. The average molecular weight is 268 g/mol. The number of carbonyl (C=O) groups excluding carboxylic acids is 1. The number of nitrogens with two attached hydrogens (primary N) is 1. The van der Waals surface area contributed by atoms with Gasteiger partial charge in [0.1, 0.15) is 5.82 Å². The maximum absolute atomic E-state index is 11.7. The molecule has 20 heavy (non-hydrogen) atoms. The SMILES string of the molecule is CC(N)c1nccc(-c2ccc3c(c2)CC(=O)N3C)n1. The number of nitrogens with zero attached hydrogens (tertiary/aromatic N) is 3. The van der Waals surface area contributed by atoms with Crippen molar-refractivity contribution in [3.63, 3.8) is 0 Å². The van der Waals surface area contributed by atoms with E-state index >= 15 is 0 Å². The third kappa shape index (κ3) is 2.06. The molecule has 2 heterocycles. The highest BCUT2D eigenvalue weighted by atomic mass is 16.2. The van der Waals surface area contributed by atoms with Crippen LogP contribution in [0.15, 0.2) is 30.5 Å². The lowest BCUT2D eigenvalue weighted by molar-refractivity contribution is -0.117. The fourth-order valence-electron chi connectivity index (χ4n) is 2.38. The van der Waals surface area contributed by atoms with Crippen molar-refractivity contribution in [1.29, 1.82) is 0 Å². The van der Waals surface area contributed by atoms with Crippen molar-refractivity contribution < 1.29 is 4.79 Å². The Morgan fingerprint density at radius 3 is 2.90 bits per heavy atom. The smallest absolute Gasteiger partial charge is 0.231 e. The number of likely N-dealkylation sites (N-methyl/N-ethyl adjacent to an activating group) is 1. The van der Waals surface area contributed by atoms with Crippen molar-refractivity contribution in [2.75, 3.05) is 11.9 Å². The number of carbonyl (C=O) groups is 1. The average Bonchev–Trinajstić information content (AvgIpc) is 2.74. The van der Waals surface area contributed by atoms with Crippen molar-refractivity contribution in [3.05, 3.63) is 41.9 Å². The molecule has 102 valence electrons. The second kappa shape index (κ2) is 4.68. The molecule has 0 spiro atoms. The van der Waals surface area contributed by atoms with Crippen LogP contribution in [0.1, 0.15) is 24.4 Å². The van der Waals surface area contributed by atoms with Gasteiger partial charge in [0.25, 0.3) is 0 Å². The third-order valence-corrected chi connectivity index (χ3v) is 3.53. The van der Waals surface area contributed by atoms with E-state index in [2.05, 4.69) is 9.97 Å². The van der Waals surface area contributed by atoms with Crippen LogP contribution in [-0.2, 0) is 11.2 Å². The molecule has 1 aromatic carbocycles. The van der Waals surface area contributed by atoms with Crippen LogP contribution in [0, 0.1) is 0 Å². The zero-order valence-electron chi connectivity index (χ0n) is 11.5. The maximum Gasteiger partial charge on any atom is 0.231 e. The number of anilines is 1. The Labute approximate surface area is 117 Å². The molecule has 0 fully saturated rings. The van der Waals surface area contributed by atoms with Crippen LogP contribution >= 0.6 is 0 Å². The normalized spacial score (nSPS) is 15.3. The minimum atomic E-state index is -0.197. The fraction of sp³-hybridized carbons (Fsp3) is 0.267. The number of fused-ring (bicyclic) bond motifs is 1. The fourth-order valence-corrected chi connectivity index (χ4v) is 2.38. The Morgan fingerprint density at radius 1 is 1.35 bits per heavy atom. The largest absolute Gasteiger partial charge is 0.322 e. The molecular weight excluding hydrogens is 252 g/mol. The van der Waals surface area contributed by atoms with Crippen LogP contribution in [0.4, 0.5) is 5.69 Å². The molecule has 5 nitrogen and oxygen atoms in total. The lowest BCUT2D eigenvalue weighted by Crippen LogP contribution is -2.20. The lowest BCUT2D eigenvalue weighted by Gasteiger charge is -2.11. The molecule has 3 rings (SSSR count). The van der Waals surface area contributed by atoms with E-state index in [1.165, 1.54) is 0 Å². The number of benzene rings is 1. The first-order chi connectivity index (χ1) is 9.56. The molecule has 1 unspecified atom stereocenters. The summed E-state index contributed by atoms with van der Waals surface area (Å²) >= 11 is 0. The van der Waals surface area contributed by atoms with Gasteiger partial charge < -0.3 is 10.6 Å². The molecule has 1 atom stereocenters. The van der Waals surface area contributed by atoms with E-state index in [1.807, 2.05) is 31.2 Å². The summed E-state index contributed by atoms with van der Waals surface area (Å²) in [4.78, 5) is 22.0. The topological polar surface area (TPSA) is 72.1 Å². The van der Waals surface area contributed by atoms with Gasteiger partial charge >= 0.3 is 0 Å². The van der Waals surface area contributed by atoms with Gasteiger partial charge in [0.2, 0.25) is 5.91 Å². The monoisotopic (exact) mass is 268 g/mol. The Balaban J connectivity index is 2.02. The zero-order chi connectivity index (χ0) is 14.3. The van der Waals surface area contributed by atoms with Crippen LogP contribution in [-0.4, -0.2) is 22.9 Å². The quantitative estimate of drug-likeness (QED) is 0.899. The molecule has 0 bridgehead atoms. The van der Waals surface area contributed by atoms with Crippen molar-refractivity contribution in [2.24, 2.45) is 5.73 Å². The molecule has 2 aromatic rings. The van der Waals surface area contributed by atoms with Crippen LogP contribution in [0.3, 0.4) is 0 Å². The van der Waals surface area contributed by atoms with Crippen LogP contribution < -0.4 is 10.6 Å². The van der Waals surface area contributed by atoms with Gasteiger partial charge in [-0.05, 0) is 30.7 Å². The minimum Gasteiger partial charge on any atom is -0.322 e. The number of amides is 1. The molecule has 1 amide bonds. The van der Waals surface area contributed by atoms with Crippen molar-refractivity contribution in [3.8, 4) is 11.3 Å². The Kier molecular flexibility index (Phi) is 2.99. The highest BCUT2D eigenvalue weighted by Gasteiger charge is 2.24. The van der Waals surface area contributed by atoms with E-state index in [1.54, 1.807) is 18.1 Å². The highest BCUT2D eigenvalue weighted by Crippen LogP contribution is 2.31. The molecule has 1 aromatic heterocycles. The van der Waals surface area contributed by atoms with Gasteiger partial charge in [0, 0.05) is 24.5 Å².